The SMILES string of the molecule is Cn1cc(-c2c3cccn(Cc4ccccc4)c-3nc2-c2c(C(F)F)nn3c2OC[C@@H](NC=O)C3)c(OC(F)F)n1.FC1(F)CC1.I.[HH]. The molecule has 1 atom stereocenters. The van der Waals surface area contributed by atoms with Crippen LogP contribution in [0.15, 0.2) is 54.9 Å². The van der Waals surface area contributed by atoms with Crippen molar-refractivity contribution in [2.24, 2.45) is 7.05 Å². The molecule has 0 spiro atoms. The number of hydrogen-bond donors (Lipinski definition) is 1. The minimum Gasteiger partial charge on any atom is -0.475 e. The molecule has 0 bridgehead atoms. The summed E-state index contributed by atoms with van der Waals surface area (Å²) >= 11 is 0. The highest BCUT2D eigenvalue weighted by atomic mass is 127. The average Bonchev–Trinajstić information content (AvgIpc) is 3.31. The minimum absolute atomic E-state index is 0. The van der Waals surface area contributed by atoms with Gasteiger partial charge in [-0.2, -0.15) is 13.9 Å². The van der Waals surface area contributed by atoms with E-state index in [4.69, 9.17) is 14.5 Å². The molecule has 3 aliphatic heterocycles. The number of benzene rings is 1. The van der Waals surface area contributed by atoms with Crippen molar-refractivity contribution in [1.29, 1.82) is 0 Å². The van der Waals surface area contributed by atoms with Crippen LogP contribution in [0.2, 0.25) is 0 Å². The molecule has 3 aromatic rings. The molecule has 0 saturated heterocycles. The fourth-order valence-electron chi connectivity index (χ4n) is 5.17. The first-order valence-corrected chi connectivity index (χ1v) is 14.2. The van der Waals surface area contributed by atoms with Crippen molar-refractivity contribution >= 4 is 30.4 Å². The highest BCUT2D eigenvalue weighted by Crippen LogP contribution is 2.50. The smallest absolute Gasteiger partial charge is 0.388 e. The zero-order valence-corrected chi connectivity index (χ0v) is 27.0. The zero-order valence-electron chi connectivity index (χ0n) is 24.6. The molecule has 1 aromatic carbocycles. The van der Waals surface area contributed by atoms with Crippen LogP contribution >= 0.6 is 24.0 Å². The Morgan fingerprint density at radius 1 is 1.09 bits per heavy atom. The molecule has 1 fully saturated rings. The Kier molecular flexibility index (Phi) is 10.0. The first-order chi connectivity index (χ1) is 22.0. The number of rotatable bonds is 9. The van der Waals surface area contributed by atoms with E-state index < -0.39 is 30.7 Å². The lowest BCUT2D eigenvalue weighted by atomic mass is 9.98. The molecule has 47 heavy (non-hydrogen) atoms. The summed E-state index contributed by atoms with van der Waals surface area (Å²) in [5.74, 6) is -2.18. The normalized spacial score (nSPS) is 16.1. The molecule has 1 aliphatic carbocycles. The van der Waals surface area contributed by atoms with E-state index in [1.54, 1.807) is 18.3 Å². The predicted molar refractivity (Wildman–Crippen MR) is 170 cm³/mol. The third kappa shape index (κ3) is 7.33. The number of aromatic nitrogens is 6. The van der Waals surface area contributed by atoms with Crippen LogP contribution in [0.1, 0.15) is 32.0 Å². The van der Waals surface area contributed by atoms with E-state index in [-0.39, 0.29) is 85.5 Å². The van der Waals surface area contributed by atoms with Crippen LogP contribution in [0.4, 0.5) is 26.3 Å². The van der Waals surface area contributed by atoms with E-state index in [0.717, 1.165) is 5.56 Å². The van der Waals surface area contributed by atoms with Gasteiger partial charge < -0.3 is 19.4 Å². The third-order valence-corrected chi connectivity index (χ3v) is 7.35. The Morgan fingerprint density at radius 2 is 1.81 bits per heavy atom. The molecule has 1 N–H and O–H groups in total. The molecular weight excluding hydrogens is 747 g/mol. The number of halogens is 7. The number of carbonyl (C=O) groups excluding carboxylic acids is 1. The van der Waals surface area contributed by atoms with Crippen LogP contribution in [0.25, 0.3) is 33.8 Å². The Morgan fingerprint density at radius 3 is 2.45 bits per heavy atom. The molecule has 7 rings (SSSR count). The number of alkyl halides is 6. The van der Waals surface area contributed by atoms with Gasteiger partial charge in [0.05, 0.1) is 29.4 Å². The average molecular weight is 778 g/mol. The van der Waals surface area contributed by atoms with Gasteiger partial charge in [-0.15, -0.1) is 29.1 Å². The van der Waals surface area contributed by atoms with Gasteiger partial charge in [-0.3, -0.25) is 9.48 Å². The number of carbonyl (C=O) groups is 1. The maximum Gasteiger partial charge on any atom is 0.388 e. The Hall–Kier alpha value is -4.29. The van der Waals surface area contributed by atoms with Crippen LogP contribution in [0, 0.1) is 0 Å². The van der Waals surface area contributed by atoms with Gasteiger partial charge in [0.1, 0.15) is 18.1 Å². The number of nitrogens with one attached hydrogen (secondary N) is 1. The van der Waals surface area contributed by atoms with Crippen LogP contribution < -0.4 is 14.8 Å². The van der Waals surface area contributed by atoms with Crippen LogP contribution in [0.3, 0.4) is 0 Å². The van der Waals surface area contributed by atoms with Crippen LogP contribution in [0.5, 0.6) is 11.8 Å². The Labute approximate surface area is 282 Å². The second-order valence-electron chi connectivity index (χ2n) is 10.8. The molecule has 4 aliphatic rings. The molecule has 5 heterocycles. The fourth-order valence-corrected chi connectivity index (χ4v) is 5.17. The summed E-state index contributed by atoms with van der Waals surface area (Å²) in [4.78, 5) is 15.8. The molecule has 0 unspecified atom stereocenters. The first-order valence-electron chi connectivity index (χ1n) is 14.2. The van der Waals surface area contributed by atoms with Gasteiger partial charge in [0, 0.05) is 51.4 Å². The summed E-state index contributed by atoms with van der Waals surface area (Å²) in [5, 5.41) is 10.7. The van der Waals surface area contributed by atoms with Gasteiger partial charge in [-0.05, 0) is 17.7 Å². The molecule has 10 nitrogen and oxygen atoms in total. The molecule has 1 amide bonds. The van der Waals surface area contributed by atoms with Crippen molar-refractivity contribution < 1.29 is 42.0 Å². The first kappa shape index (κ1) is 34.1. The van der Waals surface area contributed by atoms with Crippen molar-refractivity contribution in [3.63, 3.8) is 0 Å². The van der Waals surface area contributed by atoms with E-state index in [1.807, 2.05) is 34.9 Å². The van der Waals surface area contributed by atoms with Crippen molar-refractivity contribution in [3.8, 4) is 45.5 Å². The fraction of sp³-hybridized carbons (Fsp3) is 0.333. The second kappa shape index (κ2) is 13.8. The highest BCUT2D eigenvalue weighted by molar-refractivity contribution is 14.0. The standard InChI is InChI=1S/C27H23F4N7O3.C3H4F2.HI.H2/c1-36-12-18(25(35-36)41-27(30)31)19-17-8-5-9-37(10-15-6-3-2-4-7-15)24(17)33-21(19)20-22(23(28)29)34-38-11-16(32-14-39)13-40-26(20)38;4-3(5)1-2-3;;/h2-9,12,14,16,23,27H,10-11,13H2,1H3,(H,32,39);1-2H2;2*1H/t16-;;;/m0.../s1. The maximum absolute atomic E-state index is 14.5. The third-order valence-electron chi connectivity index (χ3n) is 7.35. The number of fused-ring (bicyclic) bond motifs is 2. The molecule has 1 saturated carbocycles. The van der Waals surface area contributed by atoms with Gasteiger partial charge in [0.2, 0.25) is 24.1 Å². The van der Waals surface area contributed by atoms with Gasteiger partial charge in [0.25, 0.3) is 6.43 Å². The summed E-state index contributed by atoms with van der Waals surface area (Å²) in [5.41, 5.74) is 1.26. The lowest BCUT2D eigenvalue weighted by Crippen LogP contribution is -2.41. The minimum atomic E-state index is -3.17. The molecular formula is C30H30F6IN7O3. The lowest BCUT2D eigenvalue weighted by molar-refractivity contribution is -0.110. The Balaban J connectivity index is 0.000000682. The highest BCUT2D eigenvalue weighted by Gasteiger charge is 2.43. The van der Waals surface area contributed by atoms with E-state index in [1.165, 1.54) is 22.6 Å². The van der Waals surface area contributed by atoms with Gasteiger partial charge in [-0.1, -0.05) is 30.3 Å². The van der Waals surface area contributed by atoms with Crippen LogP contribution in [-0.4, -0.2) is 60.7 Å². The number of ether oxygens (including phenoxy) is 2. The van der Waals surface area contributed by atoms with Gasteiger partial charge in [-0.25, -0.2) is 27.2 Å². The molecule has 2 aromatic heterocycles. The molecule has 17 heteroatoms. The number of pyridine rings is 1. The second-order valence-corrected chi connectivity index (χ2v) is 10.8. The van der Waals surface area contributed by atoms with Gasteiger partial charge in [0.15, 0.2) is 0 Å². The quantitative estimate of drug-likeness (QED) is 0.103. The van der Waals surface area contributed by atoms with E-state index in [9.17, 15) is 31.1 Å². The lowest BCUT2D eigenvalue weighted by Gasteiger charge is -2.24. The van der Waals surface area contributed by atoms with Crippen molar-refractivity contribution in [3.05, 3.63) is 66.1 Å². The summed E-state index contributed by atoms with van der Waals surface area (Å²) in [6, 6.07) is 12.6. The number of amides is 1. The monoisotopic (exact) mass is 777 g/mol. The summed E-state index contributed by atoms with van der Waals surface area (Å²) in [6.45, 7) is -2.67. The van der Waals surface area contributed by atoms with E-state index in [0.29, 0.717) is 24.3 Å². The van der Waals surface area contributed by atoms with E-state index >= 15 is 0 Å². The predicted octanol–water partition coefficient (Wildman–Crippen LogP) is 6.63. The number of nitrogens with zero attached hydrogens (tertiary/aromatic N) is 6. The van der Waals surface area contributed by atoms with E-state index in [2.05, 4.69) is 15.5 Å². The van der Waals surface area contributed by atoms with Crippen LogP contribution in [-0.2, 0) is 24.9 Å². The van der Waals surface area contributed by atoms with Crippen molar-refractivity contribution in [1.82, 2.24) is 34.4 Å². The number of hydrogen-bond acceptors (Lipinski definition) is 6. The molecule has 0 radical (unpaired) electrons. The largest absolute Gasteiger partial charge is 0.475 e. The summed E-state index contributed by atoms with van der Waals surface area (Å²) < 4.78 is 93.0. The molecule has 252 valence electrons. The topological polar surface area (TPSA) is 101 Å². The maximum atomic E-state index is 14.5. The number of aryl methyl sites for hydroxylation is 1. The summed E-state index contributed by atoms with van der Waals surface area (Å²) in [6.07, 6.45) is 0.983. The summed E-state index contributed by atoms with van der Waals surface area (Å²) in [7, 11) is 1.53. The van der Waals surface area contributed by atoms with Gasteiger partial charge >= 0.3 is 6.61 Å². The zero-order chi connectivity index (χ0) is 32.6. The van der Waals surface area contributed by atoms with Crippen molar-refractivity contribution in [2.45, 2.75) is 50.9 Å². The Bertz CT molecular complexity index is 1810. The van der Waals surface area contributed by atoms with Crippen molar-refractivity contribution in [2.75, 3.05) is 6.61 Å².